The van der Waals surface area contributed by atoms with Gasteiger partial charge in [0.15, 0.2) is 10.4 Å². The molecular weight excluding hydrogens is 418 g/mol. The van der Waals surface area contributed by atoms with E-state index >= 15 is 0 Å². The molecule has 0 saturated heterocycles. The molecule has 0 aliphatic heterocycles. The van der Waals surface area contributed by atoms with E-state index in [9.17, 15) is 13.2 Å². The van der Waals surface area contributed by atoms with Gasteiger partial charge in [0.2, 0.25) is 5.88 Å². The maximum atomic E-state index is 12.2. The summed E-state index contributed by atoms with van der Waals surface area (Å²) in [7, 11) is 1.42. The van der Waals surface area contributed by atoms with Crippen molar-refractivity contribution in [2.75, 3.05) is 11.5 Å². The first-order valence-corrected chi connectivity index (χ1v) is 6.74. The van der Waals surface area contributed by atoms with Crippen molar-refractivity contribution >= 4 is 38.5 Å². The largest absolute Gasteiger partial charge is 0.574 e. The average Bonchev–Trinajstić information content (AvgIpc) is 2.20. The second kappa shape index (κ2) is 6.07. The van der Waals surface area contributed by atoms with Crippen LogP contribution < -0.4 is 9.47 Å². The number of pyridine rings is 1. The summed E-state index contributed by atoms with van der Waals surface area (Å²) >= 11 is 5.08. The molecule has 0 aliphatic rings. The van der Waals surface area contributed by atoms with E-state index in [1.54, 1.807) is 0 Å². The van der Waals surface area contributed by atoms with Gasteiger partial charge in [-0.2, -0.15) is 0 Å². The molecule has 0 spiro atoms. The van der Waals surface area contributed by atoms with Gasteiger partial charge in [0, 0.05) is 9.99 Å². The summed E-state index contributed by atoms with van der Waals surface area (Å²) in [4.78, 5) is 3.69. The van der Waals surface area contributed by atoms with Crippen molar-refractivity contribution in [3.8, 4) is 11.6 Å². The molecule has 1 rings (SSSR count). The summed E-state index contributed by atoms with van der Waals surface area (Å²) in [5, 5.41) is 0. The second-order valence-electron chi connectivity index (χ2n) is 2.93. The molecule has 0 amide bonds. The van der Waals surface area contributed by atoms with Crippen molar-refractivity contribution in [3.63, 3.8) is 0 Å². The molecule has 0 fully saturated rings. The van der Waals surface area contributed by atoms with Gasteiger partial charge >= 0.3 is 6.36 Å². The highest BCUT2D eigenvalue weighted by molar-refractivity contribution is 14.1. The lowest BCUT2D eigenvalue weighted by Gasteiger charge is -2.13. The maximum Gasteiger partial charge on any atom is 0.574 e. The molecule has 0 radical (unpaired) electrons. The van der Waals surface area contributed by atoms with E-state index in [1.165, 1.54) is 13.2 Å². The van der Waals surface area contributed by atoms with Crippen molar-refractivity contribution in [1.29, 1.82) is 0 Å². The lowest BCUT2D eigenvalue weighted by Crippen LogP contribution is -2.19. The van der Waals surface area contributed by atoms with Crippen LogP contribution in [0.4, 0.5) is 13.2 Å². The minimum absolute atomic E-state index is 0.177. The predicted molar refractivity (Wildman–Crippen MR) is 67.8 cm³/mol. The number of alkyl halides is 4. The minimum Gasteiger partial charge on any atom is -0.494 e. The monoisotopic (exact) mass is 425 g/mol. The van der Waals surface area contributed by atoms with Crippen LogP contribution in [0.25, 0.3) is 0 Å². The van der Waals surface area contributed by atoms with Crippen molar-refractivity contribution in [2.45, 2.75) is 12.8 Å². The standard InChI is InChI=1S/C9H8BrF3INO2/c1-16-6-4-5(2-3-14)8(15-7(6)10)17-9(11,12)13/h4H,2-3H2,1H3. The molecule has 8 heteroatoms. The first-order valence-electron chi connectivity index (χ1n) is 4.42. The Hall–Kier alpha value is -0.250. The van der Waals surface area contributed by atoms with Crippen LogP contribution in [0.15, 0.2) is 10.7 Å². The smallest absolute Gasteiger partial charge is 0.494 e. The number of hydrogen-bond donors (Lipinski definition) is 0. The molecule has 17 heavy (non-hydrogen) atoms. The van der Waals surface area contributed by atoms with Gasteiger partial charge in [-0.05, 0) is 28.4 Å². The summed E-state index contributed by atoms with van der Waals surface area (Å²) in [6, 6.07) is 1.48. The van der Waals surface area contributed by atoms with Gasteiger partial charge in [0.05, 0.1) is 7.11 Å². The van der Waals surface area contributed by atoms with Gasteiger partial charge in [0.1, 0.15) is 0 Å². The number of hydrogen-bond acceptors (Lipinski definition) is 3. The zero-order chi connectivity index (χ0) is 13.1. The number of methoxy groups -OCH3 is 1. The average molecular weight is 426 g/mol. The molecule has 1 aromatic heterocycles. The van der Waals surface area contributed by atoms with Crippen LogP contribution in [0.3, 0.4) is 0 Å². The van der Waals surface area contributed by atoms with Crippen LogP contribution in [-0.2, 0) is 6.42 Å². The van der Waals surface area contributed by atoms with Crippen molar-refractivity contribution in [1.82, 2.24) is 4.98 Å². The molecule has 1 aromatic rings. The summed E-state index contributed by atoms with van der Waals surface area (Å²) < 4.78 is 46.2. The fraction of sp³-hybridized carbons (Fsp3) is 0.444. The molecule has 3 nitrogen and oxygen atoms in total. The lowest BCUT2D eigenvalue weighted by molar-refractivity contribution is -0.276. The Morgan fingerprint density at radius 3 is 2.59 bits per heavy atom. The zero-order valence-corrected chi connectivity index (χ0v) is 12.4. The molecule has 0 unspecified atom stereocenters. The molecule has 96 valence electrons. The number of halogens is 5. The van der Waals surface area contributed by atoms with Gasteiger partial charge in [0.25, 0.3) is 0 Å². The zero-order valence-electron chi connectivity index (χ0n) is 8.65. The third-order valence-corrected chi connectivity index (χ3v) is 2.89. The molecule has 0 N–H and O–H groups in total. The summed E-state index contributed by atoms with van der Waals surface area (Å²) in [6.07, 6.45) is -4.33. The molecule has 0 atom stereocenters. The Morgan fingerprint density at radius 2 is 2.12 bits per heavy atom. The third-order valence-electron chi connectivity index (χ3n) is 1.78. The number of nitrogens with zero attached hydrogens (tertiary/aromatic N) is 1. The van der Waals surface area contributed by atoms with Gasteiger partial charge in [-0.25, -0.2) is 4.98 Å². The van der Waals surface area contributed by atoms with E-state index in [0.717, 1.165) is 0 Å². The van der Waals surface area contributed by atoms with Crippen LogP contribution in [0.5, 0.6) is 11.6 Å². The van der Waals surface area contributed by atoms with Crippen molar-refractivity contribution in [3.05, 3.63) is 16.2 Å². The van der Waals surface area contributed by atoms with Crippen LogP contribution in [0.2, 0.25) is 0 Å². The van der Waals surface area contributed by atoms with Gasteiger partial charge in [-0.3, -0.25) is 0 Å². The topological polar surface area (TPSA) is 31.4 Å². The highest BCUT2D eigenvalue weighted by Gasteiger charge is 2.33. The van der Waals surface area contributed by atoms with Crippen molar-refractivity contribution in [2.24, 2.45) is 0 Å². The number of rotatable bonds is 4. The molecule has 0 aliphatic carbocycles. The quantitative estimate of drug-likeness (QED) is 0.418. The van der Waals surface area contributed by atoms with Crippen LogP contribution in [-0.4, -0.2) is 22.9 Å². The predicted octanol–water partition coefficient (Wildman–Crippen LogP) is 3.73. The number of aryl methyl sites for hydroxylation is 1. The summed E-state index contributed by atoms with van der Waals surface area (Å²) in [5.41, 5.74) is 0.358. The Kier molecular flexibility index (Phi) is 5.29. The fourth-order valence-electron chi connectivity index (χ4n) is 1.12. The van der Waals surface area contributed by atoms with E-state index in [2.05, 4.69) is 48.2 Å². The van der Waals surface area contributed by atoms with E-state index in [0.29, 0.717) is 22.2 Å². The lowest BCUT2D eigenvalue weighted by atomic mass is 10.2. The summed E-state index contributed by atoms with van der Waals surface area (Å²) in [6.45, 7) is 0. The summed E-state index contributed by atoms with van der Waals surface area (Å²) in [5.74, 6) is -0.0683. The van der Waals surface area contributed by atoms with Gasteiger partial charge in [-0.15, -0.1) is 13.2 Å². The van der Waals surface area contributed by atoms with E-state index in [4.69, 9.17) is 4.74 Å². The Morgan fingerprint density at radius 1 is 1.47 bits per heavy atom. The first-order chi connectivity index (χ1) is 7.87. The van der Waals surface area contributed by atoms with Crippen LogP contribution in [0, 0.1) is 0 Å². The Labute approximate surface area is 118 Å². The Balaban J connectivity index is 3.13. The van der Waals surface area contributed by atoms with Crippen molar-refractivity contribution < 1.29 is 22.6 Å². The highest BCUT2D eigenvalue weighted by atomic mass is 127. The molecule has 1 heterocycles. The first kappa shape index (κ1) is 14.8. The van der Waals surface area contributed by atoms with E-state index in [1.807, 2.05) is 0 Å². The second-order valence-corrected chi connectivity index (χ2v) is 4.76. The van der Waals surface area contributed by atoms with E-state index in [-0.39, 0.29) is 4.60 Å². The van der Waals surface area contributed by atoms with E-state index < -0.39 is 12.2 Å². The minimum atomic E-state index is -4.75. The normalized spacial score (nSPS) is 11.4. The SMILES string of the molecule is COc1cc(CCI)c(OC(F)(F)F)nc1Br. The molecule has 0 bridgehead atoms. The Bertz CT molecular complexity index is 401. The van der Waals surface area contributed by atoms with Gasteiger partial charge < -0.3 is 9.47 Å². The molecule has 0 saturated carbocycles. The molecular formula is C9H8BrF3INO2. The highest BCUT2D eigenvalue weighted by Crippen LogP contribution is 2.32. The molecule has 0 aromatic carbocycles. The maximum absolute atomic E-state index is 12.2. The number of aromatic nitrogens is 1. The fourth-order valence-corrected chi connectivity index (χ4v) is 2.14. The van der Waals surface area contributed by atoms with Crippen LogP contribution in [0.1, 0.15) is 5.56 Å². The van der Waals surface area contributed by atoms with Crippen LogP contribution >= 0.6 is 38.5 Å². The number of ether oxygens (including phenoxy) is 2. The van der Waals surface area contributed by atoms with Gasteiger partial charge in [-0.1, -0.05) is 22.6 Å². The third kappa shape index (κ3) is 4.49.